The molecule has 0 spiro atoms. The molecule has 9 heavy (non-hydrogen) atoms. The lowest BCUT2D eigenvalue weighted by atomic mass is 10.3. The lowest BCUT2D eigenvalue weighted by Crippen LogP contribution is -2.10. The summed E-state index contributed by atoms with van der Waals surface area (Å²) < 4.78 is 0. The van der Waals surface area contributed by atoms with Crippen molar-refractivity contribution in [3.05, 3.63) is 0 Å². The Morgan fingerprint density at radius 1 is 1.33 bits per heavy atom. The molecule has 0 aromatic heterocycles. The molecule has 1 unspecified atom stereocenters. The molecule has 0 rings (SSSR count). The molecule has 0 bridgehead atoms. The van der Waals surface area contributed by atoms with Gasteiger partial charge in [-0.25, -0.2) is 0 Å². The van der Waals surface area contributed by atoms with Gasteiger partial charge in [-0.2, -0.15) is 0 Å². The van der Waals surface area contributed by atoms with E-state index < -0.39 is 15.9 Å². The lowest BCUT2D eigenvalue weighted by molar-refractivity contribution is -0.116. The predicted octanol–water partition coefficient (Wildman–Crippen LogP) is 1.51. The summed E-state index contributed by atoms with van der Waals surface area (Å²) in [6.45, 7) is 0. The van der Waals surface area contributed by atoms with Crippen LogP contribution in [0, 0.1) is 0 Å². The van der Waals surface area contributed by atoms with E-state index in [0.717, 1.165) is 0 Å². The maximum atomic E-state index is 10.1. The minimum atomic E-state index is -0.989. The number of halogens is 3. The second-order valence-electron chi connectivity index (χ2n) is 1.33. The summed E-state index contributed by atoms with van der Waals surface area (Å²) >= 11 is 15.0. The molecule has 0 aromatic carbocycles. The summed E-state index contributed by atoms with van der Waals surface area (Å²) in [5, 5.41) is -2.41. The highest BCUT2D eigenvalue weighted by Gasteiger charge is 2.14. The average molecular weight is 189 g/mol. The molecule has 0 aliphatic rings. The van der Waals surface area contributed by atoms with Crippen molar-refractivity contribution in [1.29, 1.82) is 0 Å². The number of carbonyl (C=O) groups excluding carboxylic acids is 2. The van der Waals surface area contributed by atoms with E-state index in [2.05, 4.69) is 0 Å². The Kier molecular flexibility index (Phi) is 4.19. The topological polar surface area (TPSA) is 34.1 Å². The van der Waals surface area contributed by atoms with Crippen LogP contribution >= 0.6 is 34.8 Å². The van der Waals surface area contributed by atoms with E-state index in [-0.39, 0.29) is 6.42 Å². The molecule has 0 saturated carbocycles. The molecule has 0 N–H and O–H groups in total. The van der Waals surface area contributed by atoms with Gasteiger partial charge in [-0.3, -0.25) is 9.59 Å². The van der Waals surface area contributed by atoms with Crippen molar-refractivity contribution in [1.82, 2.24) is 0 Å². The van der Waals surface area contributed by atoms with Crippen LogP contribution in [-0.2, 0) is 9.59 Å². The van der Waals surface area contributed by atoms with E-state index in [9.17, 15) is 9.59 Å². The van der Waals surface area contributed by atoms with Gasteiger partial charge in [0.25, 0.3) is 0 Å². The van der Waals surface area contributed by atoms with Gasteiger partial charge in [0.15, 0.2) is 0 Å². The van der Waals surface area contributed by atoms with Crippen LogP contribution in [0.1, 0.15) is 6.42 Å². The predicted molar refractivity (Wildman–Crippen MR) is 36.0 cm³/mol. The monoisotopic (exact) mass is 188 g/mol. The first-order chi connectivity index (χ1) is 4.04. The van der Waals surface area contributed by atoms with Crippen LogP contribution in [0.4, 0.5) is 0 Å². The molecule has 52 valence electrons. The number of alkyl halides is 1. The first-order valence-electron chi connectivity index (χ1n) is 2.05. The zero-order valence-electron chi connectivity index (χ0n) is 4.23. The fraction of sp³-hybridized carbons (Fsp3) is 0.500. The Balaban J connectivity index is 3.63. The molecule has 0 saturated heterocycles. The summed E-state index contributed by atoms with van der Waals surface area (Å²) in [6.07, 6.45) is -0.217. The van der Waals surface area contributed by atoms with Crippen molar-refractivity contribution in [2.45, 2.75) is 11.8 Å². The van der Waals surface area contributed by atoms with Crippen molar-refractivity contribution in [2.24, 2.45) is 0 Å². The third-order valence-electron chi connectivity index (χ3n) is 0.586. The van der Waals surface area contributed by atoms with Gasteiger partial charge in [0.05, 0.1) is 0 Å². The van der Waals surface area contributed by atoms with Crippen LogP contribution in [0.25, 0.3) is 0 Å². The number of carbonyl (C=O) groups is 2. The van der Waals surface area contributed by atoms with E-state index in [0.29, 0.717) is 0 Å². The maximum absolute atomic E-state index is 10.1. The van der Waals surface area contributed by atoms with Crippen LogP contribution in [0.5, 0.6) is 0 Å². The molecular weight excluding hydrogens is 186 g/mol. The zero-order valence-corrected chi connectivity index (χ0v) is 6.50. The van der Waals surface area contributed by atoms with Crippen molar-refractivity contribution in [3.63, 3.8) is 0 Å². The number of rotatable bonds is 3. The van der Waals surface area contributed by atoms with Crippen LogP contribution in [0.3, 0.4) is 0 Å². The number of hydrogen-bond acceptors (Lipinski definition) is 2. The van der Waals surface area contributed by atoms with Crippen molar-refractivity contribution in [2.75, 3.05) is 0 Å². The molecule has 5 heteroatoms. The number of hydrogen-bond donors (Lipinski definition) is 0. The second-order valence-corrected chi connectivity index (χ2v) is 2.65. The molecule has 1 atom stereocenters. The van der Waals surface area contributed by atoms with Crippen LogP contribution < -0.4 is 0 Å². The third-order valence-corrected chi connectivity index (χ3v) is 1.47. The van der Waals surface area contributed by atoms with Gasteiger partial charge in [0.1, 0.15) is 5.38 Å². The molecule has 0 heterocycles. The van der Waals surface area contributed by atoms with Crippen LogP contribution in [0.15, 0.2) is 0 Å². The average Bonchev–Trinajstić information content (AvgIpc) is 1.63. The summed E-state index contributed by atoms with van der Waals surface area (Å²) in [5.74, 6) is 0. The summed E-state index contributed by atoms with van der Waals surface area (Å²) in [6, 6.07) is 0. The molecular formula is C4H3Cl3O2. The van der Waals surface area contributed by atoms with Gasteiger partial charge in [0, 0.05) is 6.42 Å². The highest BCUT2D eigenvalue weighted by molar-refractivity contribution is 6.70. The molecule has 0 aromatic rings. The smallest absolute Gasteiger partial charge is 0.240 e. The standard InChI is InChI=1S/C4H3Cl3O2/c5-2(4(7)9)1-3(6)8/h2H,1H2. The molecule has 0 aliphatic carbocycles. The van der Waals surface area contributed by atoms with E-state index in [1.165, 1.54) is 0 Å². The van der Waals surface area contributed by atoms with E-state index in [1.807, 2.05) is 0 Å². The first kappa shape index (κ1) is 9.21. The second kappa shape index (κ2) is 4.09. The van der Waals surface area contributed by atoms with Gasteiger partial charge in [-0.05, 0) is 23.2 Å². The van der Waals surface area contributed by atoms with Crippen LogP contribution in [0.2, 0.25) is 0 Å². The van der Waals surface area contributed by atoms with Gasteiger partial charge in [0.2, 0.25) is 10.5 Å². The molecule has 0 aliphatic heterocycles. The molecule has 0 radical (unpaired) electrons. The summed E-state index contributed by atoms with van der Waals surface area (Å²) in [4.78, 5) is 20.1. The van der Waals surface area contributed by atoms with Gasteiger partial charge in [-0.1, -0.05) is 0 Å². The highest BCUT2D eigenvalue weighted by atomic mass is 35.5. The fourth-order valence-electron chi connectivity index (χ4n) is 0.221. The first-order valence-corrected chi connectivity index (χ1v) is 3.25. The minimum Gasteiger partial charge on any atom is -0.281 e. The van der Waals surface area contributed by atoms with Gasteiger partial charge in [-0.15, -0.1) is 11.6 Å². The Morgan fingerprint density at radius 2 is 1.78 bits per heavy atom. The Hall–Kier alpha value is 0.210. The summed E-state index contributed by atoms with van der Waals surface area (Å²) in [7, 11) is 0. The minimum absolute atomic E-state index is 0.217. The van der Waals surface area contributed by atoms with Crippen molar-refractivity contribution >= 4 is 45.3 Å². The zero-order chi connectivity index (χ0) is 7.44. The Labute approximate surface area is 67.1 Å². The highest BCUT2D eigenvalue weighted by Crippen LogP contribution is 2.07. The molecule has 0 fully saturated rings. The van der Waals surface area contributed by atoms with Crippen molar-refractivity contribution in [3.8, 4) is 0 Å². The largest absolute Gasteiger partial charge is 0.281 e. The lowest BCUT2D eigenvalue weighted by Gasteiger charge is -1.95. The van der Waals surface area contributed by atoms with Gasteiger partial charge < -0.3 is 0 Å². The maximum Gasteiger partial charge on any atom is 0.240 e. The van der Waals surface area contributed by atoms with E-state index in [4.69, 9.17) is 34.8 Å². The third kappa shape index (κ3) is 4.70. The van der Waals surface area contributed by atoms with E-state index in [1.54, 1.807) is 0 Å². The SMILES string of the molecule is O=C(Cl)CC(Cl)C(=O)Cl. The van der Waals surface area contributed by atoms with Crippen LogP contribution in [-0.4, -0.2) is 15.9 Å². The summed E-state index contributed by atoms with van der Waals surface area (Å²) in [5.41, 5.74) is 0. The Morgan fingerprint density at radius 3 is 1.89 bits per heavy atom. The van der Waals surface area contributed by atoms with E-state index >= 15 is 0 Å². The Bertz CT molecular complexity index is 134. The van der Waals surface area contributed by atoms with Gasteiger partial charge >= 0.3 is 0 Å². The quantitative estimate of drug-likeness (QED) is 0.498. The molecule has 2 nitrogen and oxygen atoms in total. The normalized spacial score (nSPS) is 12.8. The molecule has 0 amide bonds. The van der Waals surface area contributed by atoms with Crippen molar-refractivity contribution < 1.29 is 9.59 Å². The fourth-order valence-corrected chi connectivity index (χ4v) is 0.672.